The maximum absolute atomic E-state index is 2.32. The normalized spacial score (nSPS) is 11.6. The van der Waals surface area contributed by atoms with Crippen molar-refractivity contribution in [3.8, 4) is 0 Å². The Morgan fingerprint density at radius 1 is 0.714 bits per heavy atom. The zero-order valence-electron chi connectivity index (χ0n) is 10.7. The first-order valence-electron chi connectivity index (χ1n) is 6.64. The fourth-order valence-corrected chi connectivity index (χ4v) is 2.42. The lowest BCUT2D eigenvalue weighted by Gasteiger charge is -2.25. The van der Waals surface area contributed by atoms with Gasteiger partial charge in [-0.1, -0.05) is 66.2 Å². The summed E-state index contributed by atoms with van der Waals surface area (Å²) in [5.41, 5.74) is 0. The SMILES string of the molecule is CCC[C](CCC)C(CCC)CCC. The second-order valence-corrected chi connectivity index (χ2v) is 4.43. The summed E-state index contributed by atoms with van der Waals surface area (Å²) >= 11 is 0. The molecule has 0 aromatic carbocycles. The van der Waals surface area contributed by atoms with Crippen molar-refractivity contribution in [3.63, 3.8) is 0 Å². The Kier molecular flexibility index (Phi) is 9.55. The molecule has 0 spiro atoms. The first kappa shape index (κ1) is 14.0. The highest BCUT2D eigenvalue weighted by molar-refractivity contribution is 4.95. The Bertz CT molecular complexity index is 80.6. The monoisotopic (exact) mass is 197 g/mol. The molecule has 0 rings (SSSR count). The minimum atomic E-state index is 0.935. The summed E-state index contributed by atoms with van der Waals surface area (Å²) in [6.45, 7) is 9.26. The van der Waals surface area contributed by atoms with Gasteiger partial charge in [0, 0.05) is 0 Å². The van der Waals surface area contributed by atoms with Gasteiger partial charge in [-0.25, -0.2) is 0 Å². The Labute approximate surface area is 91.5 Å². The van der Waals surface area contributed by atoms with Crippen LogP contribution in [0.15, 0.2) is 0 Å². The molecule has 0 aromatic heterocycles. The summed E-state index contributed by atoms with van der Waals surface area (Å²) in [4.78, 5) is 0. The van der Waals surface area contributed by atoms with Crippen molar-refractivity contribution >= 4 is 0 Å². The van der Waals surface area contributed by atoms with E-state index in [1.165, 1.54) is 51.4 Å². The molecular weight excluding hydrogens is 168 g/mol. The van der Waals surface area contributed by atoms with Crippen LogP contribution in [0.3, 0.4) is 0 Å². The molecule has 0 unspecified atom stereocenters. The highest BCUT2D eigenvalue weighted by atomic mass is 14.2. The van der Waals surface area contributed by atoms with Crippen molar-refractivity contribution in [2.45, 2.75) is 79.1 Å². The Hall–Kier alpha value is 0. The fourth-order valence-electron chi connectivity index (χ4n) is 2.42. The van der Waals surface area contributed by atoms with E-state index < -0.39 is 0 Å². The van der Waals surface area contributed by atoms with E-state index in [4.69, 9.17) is 0 Å². The molecule has 0 aliphatic rings. The zero-order chi connectivity index (χ0) is 10.8. The minimum Gasteiger partial charge on any atom is -0.0654 e. The summed E-state index contributed by atoms with van der Waals surface area (Å²) in [6.07, 6.45) is 10.9. The van der Waals surface area contributed by atoms with Crippen LogP contribution in [-0.4, -0.2) is 0 Å². The number of rotatable bonds is 9. The molecule has 0 saturated carbocycles. The Morgan fingerprint density at radius 2 is 1.14 bits per heavy atom. The van der Waals surface area contributed by atoms with Gasteiger partial charge >= 0.3 is 0 Å². The molecule has 0 fully saturated rings. The predicted molar refractivity (Wildman–Crippen MR) is 66.4 cm³/mol. The summed E-state index contributed by atoms with van der Waals surface area (Å²) in [5.74, 6) is 2.80. The predicted octanol–water partition coefficient (Wildman–Crippen LogP) is 5.38. The Balaban J connectivity index is 4.06. The van der Waals surface area contributed by atoms with E-state index in [1.54, 1.807) is 0 Å². The highest BCUT2D eigenvalue weighted by Crippen LogP contribution is 2.32. The molecule has 0 bridgehead atoms. The van der Waals surface area contributed by atoms with Crippen LogP contribution in [-0.2, 0) is 0 Å². The summed E-state index contributed by atoms with van der Waals surface area (Å²) in [5, 5.41) is 0. The first-order valence-corrected chi connectivity index (χ1v) is 6.64. The second kappa shape index (κ2) is 9.55. The van der Waals surface area contributed by atoms with Crippen LogP contribution in [0, 0.1) is 11.8 Å². The lowest BCUT2D eigenvalue weighted by Crippen LogP contribution is -2.12. The van der Waals surface area contributed by atoms with Gasteiger partial charge in [-0.05, 0) is 24.7 Å². The molecule has 0 aromatic rings. The molecule has 0 saturated heterocycles. The first-order chi connectivity index (χ1) is 6.79. The van der Waals surface area contributed by atoms with Gasteiger partial charge in [0.2, 0.25) is 0 Å². The van der Waals surface area contributed by atoms with Crippen LogP contribution < -0.4 is 0 Å². The third-order valence-electron chi connectivity index (χ3n) is 2.99. The third-order valence-corrected chi connectivity index (χ3v) is 2.99. The summed E-state index contributed by atoms with van der Waals surface area (Å²) in [7, 11) is 0. The molecule has 0 heterocycles. The standard InChI is InChI=1S/C14H29/c1-5-9-13(10-6-2)14(11-7-3)12-8-4/h13H,5-12H2,1-4H3. The lowest BCUT2D eigenvalue weighted by molar-refractivity contribution is 0.408. The molecule has 0 aliphatic carbocycles. The molecule has 0 atom stereocenters. The van der Waals surface area contributed by atoms with Crippen LogP contribution in [0.4, 0.5) is 0 Å². The van der Waals surface area contributed by atoms with Crippen molar-refractivity contribution in [2.24, 2.45) is 5.92 Å². The highest BCUT2D eigenvalue weighted by Gasteiger charge is 2.18. The van der Waals surface area contributed by atoms with E-state index in [0.717, 1.165) is 5.92 Å². The van der Waals surface area contributed by atoms with Crippen molar-refractivity contribution in [3.05, 3.63) is 5.92 Å². The van der Waals surface area contributed by atoms with E-state index in [1.807, 2.05) is 5.92 Å². The van der Waals surface area contributed by atoms with Crippen LogP contribution in [0.5, 0.6) is 0 Å². The van der Waals surface area contributed by atoms with Gasteiger partial charge in [-0.15, -0.1) is 0 Å². The Morgan fingerprint density at radius 3 is 1.43 bits per heavy atom. The molecule has 14 heavy (non-hydrogen) atoms. The average molecular weight is 197 g/mol. The molecule has 1 radical (unpaired) electrons. The number of hydrogen-bond donors (Lipinski definition) is 0. The van der Waals surface area contributed by atoms with Crippen molar-refractivity contribution in [1.82, 2.24) is 0 Å². The minimum absolute atomic E-state index is 0.935. The van der Waals surface area contributed by atoms with E-state index in [9.17, 15) is 0 Å². The maximum Gasteiger partial charge on any atom is -0.0210 e. The molecule has 0 amide bonds. The van der Waals surface area contributed by atoms with Crippen LogP contribution in [0.1, 0.15) is 79.1 Å². The topological polar surface area (TPSA) is 0 Å². The van der Waals surface area contributed by atoms with Gasteiger partial charge in [-0.2, -0.15) is 0 Å². The van der Waals surface area contributed by atoms with Gasteiger partial charge < -0.3 is 0 Å². The van der Waals surface area contributed by atoms with Gasteiger partial charge in [0.1, 0.15) is 0 Å². The summed E-state index contributed by atoms with van der Waals surface area (Å²) < 4.78 is 0. The maximum atomic E-state index is 2.32. The van der Waals surface area contributed by atoms with Gasteiger partial charge in [0.25, 0.3) is 0 Å². The quantitative estimate of drug-likeness (QED) is 0.465. The zero-order valence-corrected chi connectivity index (χ0v) is 10.7. The largest absolute Gasteiger partial charge is 0.0654 e. The second-order valence-electron chi connectivity index (χ2n) is 4.43. The smallest absolute Gasteiger partial charge is 0.0210 e. The average Bonchev–Trinajstić information content (AvgIpc) is 2.17. The van der Waals surface area contributed by atoms with Crippen molar-refractivity contribution in [1.29, 1.82) is 0 Å². The molecule has 0 heteroatoms. The number of hydrogen-bond acceptors (Lipinski definition) is 0. The molecule has 0 aliphatic heterocycles. The fraction of sp³-hybridized carbons (Fsp3) is 0.929. The van der Waals surface area contributed by atoms with Gasteiger partial charge in [0.05, 0.1) is 0 Å². The van der Waals surface area contributed by atoms with Crippen molar-refractivity contribution in [2.75, 3.05) is 0 Å². The molecule has 0 N–H and O–H groups in total. The van der Waals surface area contributed by atoms with Crippen molar-refractivity contribution < 1.29 is 0 Å². The van der Waals surface area contributed by atoms with Crippen LogP contribution in [0.25, 0.3) is 0 Å². The van der Waals surface area contributed by atoms with E-state index in [-0.39, 0.29) is 0 Å². The van der Waals surface area contributed by atoms with Crippen LogP contribution in [0.2, 0.25) is 0 Å². The van der Waals surface area contributed by atoms with E-state index >= 15 is 0 Å². The van der Waals surface area contributed by atoms with Gasteiger partial charge in [0.15, 0.2) is 0 Å². The molecular formula is C14H29. The third kappa shape index (κ3) is 5.67. The van der Waals surface area contributed by atoms with E-state index in [0.29, 0.717) is 0 Å². The summed E-state index contributed by atoms with van der Waals surface area (Å²) in [6, 6.07) is 0. The van der Waals surface area contributed by atoms with Crippen LogP contribution >= 0.6 is 0 Å². The molecule has 85 valence electrons. The lowest BCUT2D eigenvalue weighted by atomic mass is 9.80. The van der Waals surface area contributed by atoms with E-state index in [2.05, 4.69) is 27.7 Å². The molecule has 0 nitrogen and oxygen atoms in total. The van der Waals surface area contributed by atoms with Gasteiger partial charge in [-0.3, -0.25) is 0 Å².